The number of hydrogen-bond acceptors (Lipinski definition) is 4. The van der Waals surface area contributed by atoms with E-state index in [9.17, 15) is 13.2 Å². The van der Waals surface area contributed by atoms with Crippen molar-refractivity contribution < 1.29 is 17.6 Å². The van der Waals surface area contributed by atoms with E-state index in [0.717, 1.165) is 22.3 Å². The number of halogens is 3. The summed E-state index contributed by atoms with van der Waals surface area (Å²) in [5, 5.41) is 1.04. The summed E-state index contributed by atoms with van der Waals surface area (Å²) in [6.07, 6.45) is -2.74. The summed E-state index contributed by atoms with van der Waals surface area (Å²) < 4.78 is 43.8. The third-order valence-corrected chi connectivity index (χ3v) is 4.12. The van der Waals surface area contributed by atoms with Crippen molar-refractivity contribution in [1.82, 2.24) is 14.9 Å². The predicted molar refractivity (Wildman–Crippen MR) is 81.1 cm³/mol. The molecule has 0 amide bonds. The van der Waals surface area contributed by atoms with Crippen molar-refractivity contribution in [3.63, 3.8) is 0 Å². The highest BCUT2D eigenvalue weighted by atomic mass is 19.4. The van der Waals surface area contributed by atoms with Crippen LogP contribution in [0.5, 0.6) is 0 Å². The maximum Gasteiger partial charge on any atom is 0.451 e. The molecule has 1 aliphatic rings. The van der Waals surface area contributed by atoms with Crippen molar-refractivity contribution in [2.75, 3.05) is 6.54 Å². The minimum absolute atomic E-state index is 0.473. The summed E-state index contributed by atoms with van der Waals surface area (Å²) in [7, 11) is 0. The van der Waals surface area contributed by atoms with Gasteiger partial charge in [0.05, 0.1) is 12.2 Å². The predicted octanol–water partition coefficient (Wildman–Crippen LogP) is 3.80. The Balaban J connectivity index is 1.52. The Hall–Kier alpha value is -2.41. The van der Waals surface area contributed by atoms with Gasteiger partial charge in [0.1, 0.15) is 11.3 Å². The number of para-hydroxylation sites is 1. The van der Waals surface area contributed by atoms with Crippen LogP contribution in [-0.4, -0.2) is 21.4 Å². The molecule has 1 aliphatic heterocycles. The summed E-state index contributed by atoms with van der Waals surface area (Å²) in [4.78, 5) is 9.25. The summed E-state index contributed by atoms with van der Waals surface area (Å²) in [5.41, 5.74) is 2.06. The van der Waals surface area contributed by atoms with E-state index in [4.69, 9.17) is 4.42 Å². The molecule has 3 heterocycles. The molecular formula is C17H14F3N3O. The van der Waals surface area contributed by atoms with Gasteiger partial charge in [0.25, 0.3) is 0 Å². The van der Waals surface area contributed by atoms with Crippen molar-refractivity contribution in [3.05, 3.63) is 59.4 Å². The van der Waals surface area contributed by atoms with Crippen molar-refractivity contribution in [3.8, 4) is 0 Å². The van der Waals surface area contributed by atoms with Gasteiger partial charge in [0.15, 0.2) is 0 Å². The second-order valence-corrected chi connectivity index (χ2v) is 5.87. The quantitative estimate of drug-likeness (QED) is 0.715. The van der Waals surface area contributed by atoms with Crippen molar-refractivity contribution >= 4 is 11.0 Å². The molecule has 0 atom stereocenters. The van der Waals surface area contributed by atoms with Gasteiger partial charge in [-0.1, -0.05) is 18.2 Å². The Morgan fingerprint density at radius 2 is 2.04 bits per heavy atom. The van der Waals surface area contributed by atoms with Crippen LogP contribution >= 0.6 is 0 Å². The Morgan fingerprint density at radius 3 is 2.83 bits per heavy atom. The first-order valence-corrected chi connectivity index (χ1v) is 7.61. The van der Waals surface area contributed by atoms with E-state index < -0.39 is 12.0 Å². The molecule has 1 aromatic carbocycles. The van der Waals surface area contributed by atoms with Crippen LogP contribution in [0.3, 0.4) is 0 Å². The number of nitrogens with zero attached hydrogens (tertiary/aromatic N) is 3. The van der Waals surface area contributed by atoms with E-state index in [1.165, 1.54) is 6.20 Å². The molecule has 0 spiro atoms. The molecule has 3 aromatic rings. The normalized spacial score (nSPS) is 15.6. The van der Waals surface area contributed by atoms with Crippen molar-refractivity contribution in [1.29, 1.82) is 0 Å². The van der Waals surface area contributed by atoms with E-state index in [1.807, 2.05) is 30.3 Å². The van der Waals surface area contributed by atoms with Crippen LogP contribution in [0.25, 0.3) is 11.0 Å². The molecule has 0 saturated heterocycles. The lowest BCUT2D eigenvalue weighted by atomic mass is 10.1. The molecule has 124 valence electrons. The summed E-state index contributed by atoms with van der Waals surface area (Å²) in [5.74, 6) is -0.223. The van der Waals surface area contributed by atoms with E-state index in [1.54, 1.807) is 0 Å². The topological polar surface area (TPSA) is 42.2 Å². The minimum Gasteiger partial charge on any atom is -0.460 e. The van der Waals surface area contributed by atoms with E-state index in [0.29, 0.717) is 31.7 Å². The van der Waals surface area contributed by atoms with Crippen LogP contribution in [0.1, 0.15) is 22.8 Å². The molecule has 4 nitrogen and oxygen atoms in total. The van der Waals surface area contributed by atoms with Crippen LogP contribution in [0.15, 0.2) is 40.9 Å². The molecule has 24 heavy (non-hydrogen) atoms. The SMILES string of the molecule is FC(F)(F)c1ncc2c(n1)CCN(Cc1cc3ccccc3o1)C2. The lowest BCUT2D eigenvalue weighted by Gasteiger charge is -2.27. The first-order valence-electron chi connectivity index (χ1n) is 7.61. The minimum atomic E-state index is -4.50. The Bertz CT molecular complexity index is 855. The molecule has 4 rings (SSSR count). The molecule has 0 radical (unpaired) electrons. The second kappa shape index (κ2) is 5.59. The summed E-state index contributed by atoms with van der Waals surface area (Å²) >= 11 is 0. The van der Waals surface area contributed by atoms with Gasteiger partial charge in [-0.3, -0.25) is 4.90 Å². The van der Waals surface area contributed by atoms with Gasteiger partial charge in [0, 0.05) is 36.7 Å². The number of furan rings is 1. The first-order chi connectivity index (χ1) is 11.5. The maximum atomic E-state index is 12.7. The zero-order valence-electron chi connectivity index (χ0n) is 12.7. The third-order valence-electron chi connectivity index (χ3n) is 4.12. The Morgan fingerprint density at radius 1 is 1.21 bits per heavy atom. The smallest absolute Gasteiger partial charge is 0.451 e. The molecule has 7 heteroatoms. The van der Waals surface area contributed by atoms with Crippen LogP contribution in [0.2, 0.25) is 0 Å². The van der Waals surface area contributed by atoms with Crippen LogP contribution in [0, 0.1) is 0 Å². The van der Waals surface area contributed by atoms with Crippen molar-refractivity contribution in [2.24, 2.45) is 0 Å². The Labute approximate surface area is 135 Å². The highest BCUT2D eigenvalue weighted by Gasteiger charge is 2.35. The second-order valence-electron chi connectivity index (χ2n) is 5.87. The van der Waals surface area contributed by atoms with Crippen LogP contribution in [0.4, 0.5) is 13.2 Å². The summed E-state index contributed by atoms with van der Waals surface area (Å²) in [6, 6.07) is 9.77. The average Bonchev–Trinajstić information content (AvgIpc) is 2.95. The van der Waals surface area contributed by atoms with Crippen LogP contribution < -0.4 is 0 Å². The van der Waals surface area contributed by atoms with Gasteiger partial charge in [0.2, 0.25) is 5.82 Å². The first kappa shape index (κ1) is 15.1. The number of rotatable bonds is 2. The molecule has 0 bridgehead atoms. The average molecular weight is 333 g/mol. The molecule has 0 N–H and O–H groups in total. The summed E-state index contributed by atoms with van der Waals surface area (Å²) in [6.45, 7) is 1.76. The Kier molecular flexibility index (Phi) is 3.53. The van der Waals surface area contributed by atoms with Gasteiger partial charge in [-0.05, 0) is 12.1 Å². The van der Waals surface area contributed by atoms with Gasteiger partial charge >= 0.3 is 6.18 Å². The molecule has 2 aromatic heterocycles. The zero-order chi connectivity index (χ0) is 16.7. The fourth-order valence-electron chi connectivity index (χ4n) is 2.98. The molecule has 0 fully saturated rings. The van der Waals surface area contributed by atoms with Gasteiger partial charge in [-0.15, -0.1) is 0 Å². The van der Waals surface area contributed by atoms with E-state index in [-0.39, 0.29) is 0 Å². The number of benzene rings is 1. The number of alkyl halides is 3. The fraction of sp³-hybridized carbons (Fsp3) is 0.294. The van der Waals surface area contributed by atoms with Crippen LogP contribution in [-0.2, 0) is 25.7 Å². The molecule has 0 aliphatic carbocycles. The number of aromatic nitrogens is 2. The number of fused-ring (bicyclic) bond motifs is 2. The highest BCUT2D eigenvalue weighted by molar-refractivity contribution is 5.77. The molecule has 0 saturated carbocycles. The highest BCUT2D eigenvalue weighted by Crippen LogP contribution is 2.28. The van der Waals surface area contributed by atoms with E-state index >= 15 is 0 Å². The standard InChI is InChI=1S/C17H14F3N3O/c18-17(19,20)16-21-8-12-9-23(6-5-14(12)22-16)10-13-7-11-3-1-2-4-15(11)24-13/h1-4,7-8H,5-6,9-10H2. The molecular weight excluding hydrogens is 319 g/mol. The monoisotopic (exact) mass is 333 g/mol. The van der Waals surface area contributed by atoms with Gasteiger partial charge < -0.3 is 4.42 Å². The lowest BCUT2D eigenvalue weighted by molar-refractivity contribution is -0.145. The van der Waals surface area contributed by atoms with Gasteiger partial charge in [-0.2, -0.15) is 13.2 Å². The maximum absolute atomic E-state index is 12.7. The lowest BCUT2D eigenvalue weighted by Crippen LogP contribution is -2.31. The van der Waals surface area contributed by atoms with Gasteiger partial charge in [-0.25, -0.2) is 9.97 Å². The zero-order valence-corrected chi connectivity index (χ0v) is 12.7. The third kappa shape index (κ3) is 2.87. The number of hydrogen-bond donors (Lipinski definition) is 0. The van der Waals surface area contributed by atoms with Crippen molar-refractivity contribution in [2.45, 2.75) is 25.7 Å². The molecule has 0 unspecified atom stereocenters. The fourth-order valence-corrected chi connectivity index (χ4v) is 2.98. The van der Waals surface area contributed by atoms with E-state index in [2.05, 4.69) is 14.9 Å². The largest absolute Gasteiger partial charge is 0.460 e.